The Morgan fingerprint density at radius 3 is 2.27 bits per heavy atom. The largest absolute Gasteiger partial charge is 0.355 e. The smallest absolute Gasteiger partial charge is 0.256 e. The van der Waals surface area contributed by atoms with Gasteiger partial charge in [-0.3, -0.25) is 9.59 Å². The monoisotopic (exact) mass is 405 g/mol. The van der Waals surface area contributed by atoms with Gasteiger partial charge in [0.2, 0.25) is 5.91 Å². The summed E-state index contributed by atoms with van der Waals surface area (Å²) in [6.07, 6.45) is 0. The van der Waals surface area contributed by atoms with Crippen molar-refractivity contribution in [2.75, 3.05) is 18.4 Å². The second-order valence-corrected chi connectivity index (χ2v) is 6.76. The third-order valence-electron chi connectivity index (χ3n) is 4.62. The SMILES string of the molecule is CCN(CC(=O)NCc1ccc(F)cc1)C(=O)c1ccccc1Nc1ccccc1. The molecule has 0 aliphatic heterocycles. The molecule has 0 aromatic heterocycles. The highest BCUT2D eigenvalue weighted by Gasteiger charge is 2.20. The molecule has 2 N–H and O–H groups in total. The summed E-state index contributed by atoms with van der Waals surface area (Å²) in [6, 6.07) is 22.7. The van der Waals surface area contributed by atoms with E-state index in [-0.39, 0.29) is 30.7 Å². The van der Waals surface area contributed by atoms with Gasteiger partial charge in [0.25, 0.3) is 5.91 Å². The third-order valence-corrected chi connectivity index (χ3v) is 4.62. The average Bonchev–Trinajstić information content (AvgIpc) is 2.78. The fraction of sp³-hybridized carbons (Fsp3) is 0.167. The molecular formula is C24H24FN3O2. The number of para-hydroxylation sites is 2. The molecule has 0 saturated carbocycles. The highest BCUT2D eigenvalue weighted by atomic mass is 19.1. The van der Waals surface area contributed by atoms with Crippen LogP contribution in [-0.4, -0.2) is 29.8 Å². The first kappa shape index (κ1) is 21.0. The Kier molecular flexibility index (Phi) is 7.16. The zero-order valence-electron chi connectivity index (χ0n) is 16.8. The normalized spacial score (nSPS) is 10.3. The number of amides is 2. The minimum Gasteiger partial charge on any atom is -0.355 e. The topological polar surface area (TPSA) is 61.4 Å². The van der Waals surface area contributed by atoms with E-state index in [1.165, 1.54) is 17.0 Å². The van der Waals surface area contributed by atoms with Gasteiger partial charge in [0.05, 0.1) is 17.8 Å². The lowest BCUT2D eigenvalue weighted by molar-refractivity contribution is -0.121. The second kappa shape index (κ2) is 10.2. The molecule has 0 saturated heterocycles. The molecule has 2 amide bonds. The van der Waals surface area contributed by atoms with Crippen molar-refractivity contribution in [2.24, 2.45) is 0 Å². The van der Waals surface area contributed by atoms with Crippen LogP contribution in [0, 0.1) is 5.82 Å². The van der Waals surface area contributed by atoms with Crippen molar-refractivity contribution in [2.45, 2.75) is 13.5 Å². The molecule has 30 heavy (non-hydrogen) atoms. The van der Waals surface area contributed by atoms with Gasteiger partial charge >= 0.3 is 0 Å². The number of carbonyl (C=O) groups is 2. The van der Waals surface area contributed by atoms with Crippen LogP contribution in [0.4, 0.5) is 15.8 Å². The van der Waals surface area contributed by atoms with Crippen molar-refractivity contribution < 1.29 is 14.0 Å². The van der Waals surface area contributed by atoms with E-state index < -0.39 is 0 Å². The van der Waals surface area contributed by atoms with Crippen LogP contribution in [0.1, 0.15) is 22.8 Å². The second-order valence-electron chi connectivity index (χ2n) is 6.76. The Hall–Kier alpha value is -3.67. The van der Waals surface area contributed by atoms with E-state index in [9.17, 15) is 14.0 Å². The van der Waals surface area contributed by atoms with Gasteiger partial charge in [-0.05, 0) is 48.9 Å². The number of hydrogen-bond donors (Lipinski definition) is 2. The van der Waals surface area contributed by atoms with Crippen LogP contribution in [0.5, 0.6) is 0 Å². The zero-order chi connectivity index (χ0) is 21.3. The molecule has 3 aromatic carbocycles. The van der Waals surface area contributed by atoms with E-state index in [4.69, 9.17) is 0 Å². The number of carbonyl (C=O) groups excluding carboxylic acids is 2. The van der Waals surface area contributed by atoms with Gasteiger partial charge in [-0.15, -0.1) is 0 Å². The number of halogens is 1. The van der Waals surface area contributed by atoms with Crippen LogP contribution in [0.3, 0.4) is 0 Å². The summed E-state index contributed by atoms with van der Waals surface area (Å²) < 4.78 is 13.0. The van der Waals surface area contributed by atoms with E-state index in [0.29, 0.717) is 17.8 Å². The van der Waals surface area contributed by atoms with Crippen molar-refractivity contribution in [3.8, 4) is 0 Å². The lowest BCUT2D eigenvalue weighted by atomic mass is 10.1. The average molecular weight is 405 g/mol. The molecule has 3 aromatic rings. The van der Waals surface area contributed by atoms with Crippen LogP contribution in [0.15, 0.2) is 78.9 Å². The van der Waals surface area contributed by atoms with E-state index >= 15 is 0 Å². The molecule has 0 atom stereocenters. The fourth-order valence-electron chi connectivity index (χ4n) is 2.99. The standard InChI is InChI=1S/C24H24FN3O2/c1-2-28(17-23(29)26-16-18-12-14-19(25)15-13-18)24(30)21-10-6-7-11-22(21)27-20-8-4-3-5-9-20/h3-15,27H,2,16-17H2,1H3,(H,26,29). The number of nitrogens with zero attached hydrogens (tertiary/aromatic N) is 1. The highest BCUT2D eigenvalue weighted by molar-refractivity contribution is 6.01. The maximum Gasteiger partial charge on any atom is 0.256 e. The van der Waals surface area contributed by atoms with Gasteiger partial charge in [0.1, 0.15) is 5.82 Å². The van der Waals surface area contributed by atoms with Crippen molar-refractivity contribution in [1.82, 2.24) is 10.2 Å². The van der Waals surface area contributed by atoms with Crippen molar-refractivity contribution in [1.29, 1.82) is 0 Å². The van der Waals surface area contributed by atoms with Gasteiger partial charge in [-0.25, -0.2) is 4.39 Å². The molecule has 0 radical (unpaired) electrons. The lowest BCUT2D eigenvalue weighted by Gasteiger charge is -2.22. The first-order chi connectivity index (χ1) is 14.6. The fourth-order valence-corrected chi connectivity index (χ4v) is 2.99. The first-order valence-corrected chi connectivity index (χ1v) is 9.78. The molecule has 0 unspecified atom stereocenters. The maximum absolute atomic E-state index is 13.1. The van der Waals surface area contributed by atoms with Gasteiger partial charge in [-0.1, -0.05) is 42.5 Å². The molecule has 3 rings (SSSR count). The van der Waals surface area contributed by atoms with Crippen molar-refractivity contribution >= 4 is 23.2 Å². The number of benzene rings is 3. The van der Waals surface area contributed by atoms with Crippen LogP contribution >= 0.6 is 0 Å². The highest BCUT2D eigenvalue weighted by Crippen LogP contribution is 2.22. The summed E-state index contributed by atoms with van der Waals surface area (Å²) in [5, 5.41) is 6.03. The maximum atomic E-state index is 13.1. The van der Waals surface area contributed by atoms with Gasteiger partial charge in [0.15, 0.2) is 0 Å². The van der Waals surface area contributed by atoms with Crippen LogP contribution in [0.2, 0.25) is 0 Å². The van der Waals surface area contributed by atoms with Crippen molar-refractivity contribution in [3.05, 3.63) is 95.8 Å². The van der Waals surface area contributed by atoms with Gasteiger partial charge in [0, 0.05) is 18.8 Å². The summed E-state index contributed by atoms with van der Waals surface area (Å²) in [5.41, 5.74) is 2.84. The molecule has 0 spiro atoms. The van der Waals surface area contributed by atoms with E-state index in [0.717, 1.165) is 11.3 Å². The molecule has 0 bridgehead atoms. The molecule has 0 heterocycles. The summed E-state index contributed by atoms with van der Waals surface area (Å²) in [5.74, 6) is -0.827. The van der Waals surface area contributed by atoms with Crippen LogP contribution < -0.4 is 10.6 Å². The molecule has 0 fully saturated rings. The summed E-state index contributed by atoms with van der Waals surface area (Å²) in [6.45, 7) is 2.44. The van der Waals surface area contributed by atoms with Crippen molar-refractivity contribution in [3.63, 3.8) is 0 Å². The molecule has 0 aliphatic rings. The third kappa shape index (κ3) is 5.67. The number of anilines is 2. The van der Waals surface area contributed by atoms with Crippen LogP contribution in [0.25, 0.3) is 0 Å². The molecule has 5 nitrogen and oxygen atoms in total. The Morgan fingerprint density at radius 1 is 0.900 bits per heavy atom. The first-order valence-electron chi connectivity index (χ1n) is 9.78. The molecule has 6 heteroatoms. The number of likely N-dealkylation sites (N-methyl/N-ethyl adjacent to an activating group) is 1. The van der Waals surface area contributed by atoms with Gasteiger partial charge < -0.3 is 15.5 Å². The number of nitrogens with one attached hydrogen (secondary N) is 2. The Bertz CT molecular complexity index is 991. The summed E-state index contributed by atoms with van der Waals surface area (Å²) in [4.78, 5) is 27.0. The molecular weight excluding hydrogens is 381 g/mol. The summed E-state index contributed by atoms with van der Waals surface area (Å²) in [7, 11) is 0. The Labute approximate surface area is 175 Å². The molecule has 154 valence electrons. The number of hydrogen-bond acceptors (Lipinski definition) is 3. The quantitative estimate of drug-likeness (QED) is 0.586. The number of rotatable bonds is 8. The zero-order valence-corrected chi connectivity index (χ0v) is 16.8. The predicted octanol–water partition coefficient (Wildman–Crippen LogP) is 4.35. The molecule has 0 aliphatic carbocycles. The Morgan fingerprint density at radius 2 is 1.57 bits per heavy atom. The minimum absolute atomic E-state index is 0.0593. The van der Waals surface area contributed by atoms with E-state index in [1.807, 2.05) is 49.4 Å². The lowest BCUT2D eigenvalue weighted by Crippen LogP contribution is -2.40. The Balaban J connectivity index is 1.65. The van der Waals surface area contributed by atoms with Gasteiger partial charge in [-0.2, -0.15) is 0 Å². The minimum atomic E-state index is -0.324. The summed E-state index contributed by atoms with van der Waals surface area (Å²) >= 11 is 0. The van der Waals surface area contributed by atoms with E-state index in [1.54, 1.807) is 24.3 Å². The van der Waals surface area contributed by atoms with Crippen LogP contribution in [-0.2, 0) is 11.3 Å². The predicted molar refractivity (Wildman–Crippen MR) is 116 cm³/mol. The van der Waals surface area contributed by atoms with E-state index in [2.05, 4.69) is 10.6 Å².